The van der Waals surface area contributed by atoms with E-state index in [0.717, 1.165) is 16.9 Å². The Morgan fingerprint density at radius 1 is 1.16 bits per heavy atom. The molecule has 0 aliphatic carbocycles. The van der Waals surface area contributed by atoms with Crippen molar-refractivity contribution >= 4 is 17.4 Å². The number of nitrogens with one attached hydrogen (secondary N) is 1. The van der Waals surface area contributed by atoms with Gasteiger partial charge in [-0.3, -0.25) is 19.5 Å². The highest BCUT2D eigenvalue weighted by atomic mass is 16.6. The fraction of sp³-hybridized carbons (Fsp3) is 0.217. The first kappa shape index (κ1) is 22.4. The number of methoxy groups -OCH3 is 1. The molecule has 1 N–H and O–H groups in total. The number of nitro benzene ring substituents is 1. The van der Waals surface area contributed by atoms with Crippen molar-refractivity contribution in [2.45, 2.75) is 20.8 Å². The second-order valence-corrected chi connectivity index (χ2v) is 7.12. The molecule has 0 bridgehead atoms. The van der Waals surface area contributed by atoms with Gasteiger partial charge in [0.25, 0.3) is 11.6 Å². The number of aromatic nitrogens is 1. The zero-order valence-electron chi connectivity index (χ0n) is 18.1. The summed E-state index contributed by atoms with van der Waals surface area (Å²) in [7, 11) is 1.58. The molecule has 0 aliphatic rings. The number of nitriles is 1. The number of nitrogens with zero attached hydrogens (tertiary/aromatic N) is 3. The van der Waals surface area contributed by atoms with E-state index in [1.54, 1.807) is 30.7 Å². The lowest BCUT2D eigenvalue weighted by atomic mass is 10.2. The van der Waals surface area contributed by atoms with Crippen molar-refractivity contribution in [3.05, 3.63) is 75.0 Å². The van der Waals surface area contributed by atoms with Crippen LogP contribution in [0.4, 0.5) is 11.5 Å². The number of rotatable bonds is 7. The van der Waals surface area contributed by atoms with Gasteiger partial charge in [-0.05, 0) is 62.7 Å². The Balaban J connectivity index is 1.84. The highest BCUT2D eigenvalue weighted by molar-refractivity contribution is 5.93. The molecule has 0 saturated carbocycles. The molecule has 32 heavy (non-hydrogen) atoms. The second kappa shape index (κ2) is 9.22. The molecule has 0 unspecified atom stereocenters. The third-order valence-corrected chi connectivity index (χ3v) is 5.15. The first-order valence-corrected chi connectivity index (χ1v) is 9.71. The normalized spacial score (nSPS) is 10.3. The maximum atomic E-state index is 12.6. The van der Waals surface area contributed by atoms with Gasteiger partial charge >= 0.3 is 0 Å². The molecular formula is C23H22N4O5. The van der Waals surface area contributed by atoms with Crippen molar-refractivity contribution in [2.24, 2.45) is 0 Å². The Bertz CT molecular complexity index is 1220. The quantitative estimate of drug-likeness (QED) is 0.439. The number of carbonyl (C=O) groups excluding carboxylic acids is 1. The maximum Gasteiger partial charge on any atom is 0.272 e. The third-order valence-electron chi connectivity index (χ3n) is 5.15. The first-order chi connectivity index (χ1) is 15.3. The van der Waals surface area contributed by atoms with Crippen molar-refractivity contribution in [2.75, 3.05) is 19.0 Å². The van der Waals surface area contributed by atoms with Crippen LogP contribution in [0.3, 0.4) is 0 Å². The second-order valence-electron chi connectivity index (χ2n) is 7.12. The van der Waals surface area contributed by atoms with Gasteiger partial charge in [0.2, 0.25) is 0 Å². The molecule has 3 aromatic rings. The molecule has 0 atom stereocenters. The summed E-state index contributed by atoms with van der Waals surface area (Å²) < 4.78 is 12.5. The Morgan fingerprint density at radius 2 is 1.81 bits per heavy atom. The van der Waals surface area contributed by atoms with Gasteiger partial charge in [-0.25, -0.2) is 0 Å². The van der Waals surface area contributed by atoms with E-state index in [1.165, 1.54) is 18.2 Å². The van der Waals surface area contributed by atoms with Gasteiger partial charge < -0.3 is 14.8 Å². The molecule has 0 fully saturated rings. The van der Waals surface area contributed by atoms with Gasteiger partial charge in [0, 0.05) is 23.0 Å². The van der Waals surface area contributed by atoms with E-state index < -0.39 is 10.8 Å². The molecule has 1 heterocycles. The standard InChI is InChI=1S/C23H22N4O5/c1-14-11-19(9-10-21(14)27(29)30)32-13-22(28)25-23-20(12-24)15(2)16(3)26(23)17-5-7-18(31-4)8-6-17/h5-11H,13H2,1-4H3,(H,25,28). The van der Waals surface area contributed by atoms with Crippen molar-refractivity contribution in [3.63, 3.8) is 0 Å². The van der Waals surface area contributed by atoms with E-state index in [4.69, 9.17) is 9.47 Å². The lowest BCUT2D eigenvalue weighted by Crippen LogP contribution is -2.22. The molecule has 9 nitrogen and oxygen atoms in total. The van der Waals surface area contributed by atoms with Crippen LogP contribution in [0, 0.1) is 42.2 Å². The highest BCUT2D eigenvalue weighted by Crippen LogP contribution is 2.31. The predicted octanol–water partition coefficient (Wildman–Crippen LogP) is 4.21. The number of aryl methyl sites for hydroxylation is 1. The van der Waals surface area contributed by atoms with Gasteiger partial charge in [0.05, 0.1) is 17.6 Å². The van der Waals surface area contributed by atoms with E-state index in [9.17, 15) is 20.2 Å². The zero-order chi connectivity index (χ0) is 23.4. The lowest BCUT2D eigenvalue weighted by molar-refractivity contribution is -0.385. The van der Waals surface area contributed by atoms with E-state index in [-0.39, 0.29) is 12.3 Å². The summed E-state index contributed by atoms with van der Waals surface area (Å²) in [6.45, 7) is 4.96. The Hall–Kier alpha value is -4.32. The van der Waals surface area contributed by atoms with Crippen molar-refractivity contribution in [3.8, 4) is 23.3 Å². The molecule has 0 radical (unpaired) electrons. The fourth-order valence-corrected chi connectivity index (χ4v) is 3.35. The average Bonchev–Trinajstić information content (AvgIpc) is 3.01. The molecule has 0 aliphatic heterocycles. The van der Waals surface area contributed by atoms with Crippen LogP contribution in [0.15, 0.2) is 42.5 Å². The SMILES string of the molecule is COc1ccc(-n2c(C)c(C)c(C#N)c2NC(=O)COc2ccc([N+](=O)[O-])c(C)c2)cc1. The van der Waals surface area contributed by atoms with Crippen LogP contribution in [0.2, 0.25) is 0 Å². The van der Waals surface area contributed by atoms with Crippen molar-refractivity contribution in [1.82, 2.24) is 4.57 Å². The van der Waals surface area contributed by atoms with Gasteiger partial charge in [0.15, 0.2) is 6.61 Å². The molecular weight excluding hydrogens is 412 g/mol. The van der Waals surface area contributed by atoms with Gasteiger partial charge in [-0.15, -0.1) is 0 Å². The molecule has 0 saturated heterocycles. The molecule has 2 aromatic carbocycles. The van der Waals surface area contributed by atoms with Crippen LogP contribution in [-0.2, 0) is 4.79 Å². The number of anilines is 1. The summed E-state index contributed by atoms with van der Waals surface area (Å²) in [4.78, 5) is 23.1. The van der Waals surface area contributed by atoms with E-state index in [1.807, 2.05) is 26.0 Å². The van der Waals surface area contributed by atoms with Gasteiger partial charge in [0.1, 0.15) is 23.4 Å². The van der Waals surface area contributed by atoms with Crippen LogP contribution in [0.1, 0.15) is 22.4 Å². The number of hydrogen-bond donors (Lipinski definition) is 1. The smallest absolute Gasteiger partial charge is 0.272 e. The zero-order valence-corrected chi connectivity index (χ0v) is 18.1. The van der Waals surface area contributed by atoms with Gasteiger partial charge in [-0.1, -0.05) is 0 Å². The van der Waals surface area contributed by atoms with Crippen LogP contribution < -0.4 is 14.8 Å². The average molecular weight is 434 g/mol. The molecule has 1 aromatic heterocycles. The summed E-state index contributed by atoms with van der Waals surface area (Å²) >= 11 is 0. The number of ether oxygens (including phenoxy) is 2. The number of carbonyl (C=O) groups is 1. The fourth-order valence-electron chi connectivity index (χ4n) is 3.35. The Kier molecular flexibility index (Phi) is 6.45. The summed E-state index contributed by atoms with van der Waals surface area (Å²) in [6.07, 6.45) is 0. The van der Waals surface area contributed by atoms with Crippen molar-refractivity contribution in [1.29, 1.82) is 5.26 Å². The highest BCUT2D eigenvalue weighted by Gasteiger charge is 2.21. The monoisotopic (exact) mass is 434 g/mol. The lowest BCUT2D eigenvalue weighted by Gasteiger charge is -2.14. The summed E-state index contributed by atoms with van der Waals surface area (Å²) in [5.74, 6) is 0.903. The van der Waals surface area contributed by atoms with Crippen LogP contribution in [0.25, 0.3) is 5.69 Å². The minimum Gasteiger partial charge on any atom is -0.497 e. The van der Waals surface area contributed by atoms with Gasteiger partial charge in [-0.2, -0.15) is 5.26 Å². The largest absolute Gasteiger partial charge is 0.497 e. The predicted molar refractivity (Wildman–Crippen MR) is 118 cm³/mol. The number of hydrogen-bond acceptors (Lipinski definition) is 6. The van der Waals surface area contributed by atoms with Crippen LogP contribution >= 0.6 is 0 Å². The van der Waals surface area contributed by atoms with Crippen molar-refractivity contribution < 1.29 is 19.2 Å². The Labute approximate surface area is 185 Å². The summed E-state index contributed by atoms with van der Waals surface area (Å²) in [5.41, 5.74) is 3.09. The summed E-state index contributed by atoms with van der Waals surface area (Å²) in [6, 6.07) is 13.7. The van der Waals surface area contributed by atoms with E-state index >= 15 is 0 Å². The first-order valence-electron chi connectivity index (χ1n) is 9.71. The minimum atomic E-state index is -0.479. The molecule has 0 spiro atoms. The van der Waals surface area contributed by atoms with Crippen LogP contribution in [0.5, 0.6) is 11.5 Å². The van der Waals surface area contributed by atoms with E-state index in [0.29, 0.717) is 28.4 Å². The number of amides is 1. The molecule has 1 amide bonds. The molecule has 3 rings (SSSR count). The molecule has 164 valence electrons. The number of benzene rings is 2. The third kappa shape index (κ3) is 4.39. The van der Waals surface area contributed by atoms with E-state index in [2.05, 4.69) is 11.4 Å². The Morgan fingerprint density at radius 3 is 2.38 bits per heavy atom. The maximum absolute atomic E-state index is 12.6. The number of nitro groups is 1. The molecule has 9 heteroatoms. The minimum absolute atomic E-state index is 0.0243. The van der Waals surface area contributed by atoms with Crippen LogP contribution in [-0.4, -0.2) is 29.1 Å². The summed E-state index contributed by atoms with van der Waals surface area (Å²) in [5, 5.41) is 23.4. The topological polar surface area (TPSA) is 119 Å².